The molecule has 2 nitrogen and oxygen atoms in total. The number of pyridine rings is 1. The molecule has 0 atom stereocenters. The molecule has 2 aromatic heterocycles. The van der Waals surface area contributed by atoms with Crippen molar-refractivity contribution < 1.29 is 0 Å². The van der Waals surface area contributed by atoms with E-state index in [9.17, 15) is 0 Å². The van der Waals surface area contributed by atoms with E-state index in [2.05, 4.69) is 28.0 Å². The van der Waals surface area contributed by atoms with Crippen LogP contribution < -0.4 is 0 Å². The number of aromatic nitrogens is 2. The molecule has 0 bridgehead atoms. The number of halogens is 1. The van der Waals surface area contributed by atoms with Crippen molar-refractivity contribution in [1.82, 2.24) is 9.61 Å². The summed E-state index contributed by atoms with van der Waals surface area (Å²) >= 11 is 3.50. The zero-order valence-electron chi connectivity index (χ0n) is 6.08. The van der Waals surface area contributed by atoms with Gasteiger partial charge in [0.05, 0.1) is 11.7 Å². The van der Waals surface area contributed by atoms with E-state index in [0.717, 1.165) is 9.99 Å². The number of rotatable bonds is 0. The van der Waals surface area contributed by atoms with Gasteiger partial charge in [-0.2, -0.15) is 5.10 Å². The minimum Gasteiger partial charge on any atom is -0.240 e. The van der Waals surface area contributed by atoms with E-state index in [1.165, 1.54) is 5.56 Å². The fourth-order valence-corrected chi connectivity index (χ4v) is 1.51. The van der Waals surface area contributed by atoms with Crippen LogP contribution in [-0.2, 0) is 0 Å². The van der Waals surface area contributed by atoms with Gasteiger partial charge in [-0.15, -0.1) is 0 Å². The third-order valence-corrected chi connectivity index (χ3v) is 2.74. The number of aryl methyl sites for hydroxylation is 1. The van der Waals surface area contributed by atoms with Crippen molar-refractivity contribution >= 4 is 21.4 Å². The fraction of sp³-hybridized carbons (Fsp3) is 0.125. The monoisotopic (exact) mass is 210 g/mol. The molecule has 0 aliphatic carbocycles. The van der Waals surface area contributed by atoms with Crippen LogP contribution in [0.2, 0.25) is 0 Å². The Morgan fingerprint density at radius 2 is 2.27 bits per heavy atom. The van der Waals surface area contributed by atoms with Crippen LogP contribution in [0.25, 0.3) is 5.52 Å². The lowest BCUT2D eigenvalue weighted by Gasteiger charge is -1.98. The molecule has 2 rings (SSSR count). The highest BCUT2D eigenvalue weighted by Crippen LogP contribution is 2.20. The van der Waals surface area contributed by atoms with Crippen LogP contribution in [0.3, 0.4) is 0 Å². The van der Waals surface area contributed by atoms with Crippen molar-refractivity contribution in [3.63, 3.8) is 0 Å². The molecular formula is C8H7BrN2. The van der Waals surface area contributed by atoms with Crippen molar-refractivity contribution in [3.8, 4) is 0 Å². The maximum absolute atomic E-state index is 4.11. The lowest BCUT2D eigenvalue weighted by molar-refractivity contribution is 0.954. The Morgan fingerprint density at radius 3 is 3.09 bits per heavy atom. The quantitative estimate of drug-likeness (QED) is 0.653. The van der Waals surface area contributed by atoms with Gasteiger partial charge in [-0.3, -0.25) is 0 Å². The molecule has 56 valence electrons. The summed E-state index contributed by atoms with van der Waals surface area (Å²) in [6.07, 6.45) is 3.74. The molecular weight excluding hydrogens is 204 g/mol. The summed E-state index contributed by atoms with van der Waals surface area (Å²) in [7, 11) is 0. The van der Waals surface area contributed by atoms with E-state index in [-0.39, 0.29) is 0 Å². The summed E-state index contributed by atoms with van der Waals surface area (Å²) in [6, 6.07) is 4.02. The lowest BCUT2D eigenvalue weighted by Crippen LogP contribution is -1.87. The van der Waals surface area contributed by atoms with Gasteiger partial charge in [0.25, 0.3) is 0 Å². The molecule has 2 heterocycles. The van der Waals surface area contributed by atoms with Crippen molar-refractivity contribution in [3.05, 3.63) is 34.6 Å². The lowest BCUT2D eigenvalue weighted by atomic mass is 10.3. The second-order valence-electron chi connectivity index (χ2n) is 2.47. The molecule has 0 aliphatic heterocycles. The number of nitrogens with zero attached hydrogens (tertiary/aromatic N) is 2. The SMILES string of the molecule is Cc1ccn2nccc2c1Br. The Morgan fingerprint density at radius 1 is 1.45 bits per heavy atom. The Balaban J connectivity index is 2.93. The summed E-state index contributed by atoms with van der Waals surface area (Å²) in [5.41, 5.74) is 2.35. The summed E-state index contributed by atoms with van der Waals surface area (Å²) in [5, 5.41) is 4.11. The average molecular weight is 211 g/mol. The molecule has 0 aliphatic rings. The predicted octanol–water partition coefficient (Wildman–Crippen LogP) is 2.41. The molecule has 0 saturated heterocycles. The fourth-order valence-electron chi connectivity index (χ4n) is 1.06. The van der Waals surface area contributed by atoms with Crippen LogP contribution in [0.4, 0.5) is 0 Å². The zero-order chi connectivity index (χ0) is 7.84. The Bertz CT molecular complexity index is 392. The second-order valence-corrected chi connectivity index (χ2v) is 3.27. The molecule has 2 aromatic rings. The first kappa shape index (κ1) is 6.85. The third kappa shape index (κ3) is 0.959. The van der Waals surface area contributed by atoms with Crippen molar-refractivity contribution in [2.75, 3.05) is 0 Å². The van der Waals surface area contributed by atoms with Crippen LogP contribution in [0, 0.1) is 6.92 Å². The molecule has 0 saturated carbocycles. The van der Waals surface area contributed by atoms with Gasteiger partial charge in [0.2, 0.25) is 0 Å². The highest BCUT2D eigenvalue weighted by molar-refractivity contribution is 9.10. The van der Waals surface area contributed by atoms with Crippen molar-refractivity contribution in [1.29, 1.82) is 0 Å². The summed E-state index contributed by atoms with van der Waals surface area (Å²) in [6.45, 7) is 2.07. The summed E-state index contributed by atoms with van der Waals surface area (Å²) in [4.78, 5) is 0. The molecule has 3 heteroatoms. The molecule has 0 fully saturated rings. The standard InChI is InChI=1S/C8H7BrN2/c1-6-3-5-11-7(8(6)9)2-4-10-11/h2-5H,1H3. The highest BCUT2D eigenvalue weighted by atomic mass is 79.9. The summed E-state index contributed by atoms with van der Waals surface area (Å²) in [5.74, 6) is 0. The number of fused-ring (bicyclic) bond motifs is 1. The highest BCUT2D eigenvalue weighted by Gasteiger charge is 2.00. The van der Waals surface area contributed by atoms with E-state index >= 15 is 0 Å². The maximum Gasteiger partial charge on any atom is 0.0806 e. The molecule has 0 aromatic carbocycles. The second kappa shape index (κ2) is 2.34. The Hall–Kier alpha value is -0.830. The van der Waals surface area contributed by atoms with Crippen molar-refractivity contribution in [2.24, 2.45) is 0 Å². The predicted molar refractivity (Wildman–Crippen MR) is 47.6 cm³/mol. The topological polar surface area (TPSA) is 17.3 Å². The van der Waals surface area contributed by atoms with E-state index < -0.39 is 0 Å². The Kier molecular flexibility index (Phi) is 1.46. The first-order chi connectivity index (χ1) is 5.29. The molecule has 0 unspecified atom stereocenters. The van der Waals surface area contributed by atoms with E-state index in [1.807, 2.05) is 22.8 Å². The van der Waals surface area contributed by atoms with Crippen LogP contribution in [0.15, 0.2) is 29.0 Å². The average Bonchev–Trinajstić information content (AvgIpc) is 2.45. The number of hydrogen-bond donors (Lipinski definition) is 0. The van der Waals surface area contributed by atoms with Gasteiger partial charge in [0, 0.05) is 10.7 Å². The first-order valence-corrected chi connectivity index (χ1v) is 4.17. The van der Waals surface area contributed by atoms with Gasteiger partial charge in [-0.05, 0) is 40.5 Å². The largest absolute Gasteiger partial charge is 0.240 e. The molecule has 0 N–H and O–H groups in total. The number of hydrogen-bond acceptors (Lipinski definition) is 1. The van der Waals surface area contributed by atoms with Crippen LogP contribution >= 0.6 is 15.9 Å². The van der Waals surface area contributed by atoms with Gasteiger partial charge in [0.1, 0.15) is 0 Å². The summed E-state index contributed by atoms with van der Waals surface area (Å²) < 4.78 is 2.97. The minimum atomic E-state index is 1.12. The van der Waals surface area contributed by atoms with E-state index in [4.69, 9.17) is 0 Å². The maximum atomic E-state index is 4.11. The molecule has 0 spiro atoms. The van der Waals surface area contributed by atoms with Gasteiger partial charge in [-0.1, -0.05) is 0 Å². The molecule has 0 amide bonds. The van der Waals surface area contributed by atoms with Crippen molar-refractivity contribution in [2.45, 2.75) is 6.92 Å². The van der Waals surface area contributed by atoms with Gasteiger partial charge >= 0.3 is 0 Å². The van der Waals surface area contributed by atoms with E-state index in [0.29, 0.717) is 0 Å². The zero-order valence-corrected chi connectivity index (χ0v) is 7.67. The first-order valence-electron chi connectivity index (χ1n) is 3.37. The van der Waals surface area contributed by atoms with Gasteiger partial charge in [-0.25, -0.2) is 4.52 Å². The van der Waals surface area contributed by atoms with Crippen LogP contribution in [-0.4, -0.2) is 9.61 Å². The third-order valence-electron chi connectivity index (χ3n) is 1.71. The Labute approximate surface area is 73.0 Å². The molecule has 0 radical (unpaired) electrons. The normalized spacial score (nSPS) is 10.7. The van der Waals surface area contributed by atoms with E-state index in [1.54, 1.807) is 6.20 Å². The van der Waals surface area contributed by atoms with Gasteiger partial charge in [0.15, 0.2) is 0 Å². The van der Waals surface area contributed by atoms with Crippen LogP contribution in [0.5, 0.6) is 0 Å². The minimum absolute atomic E-state index is 1.12. The van der Waals surface area contributed by atoms with Gasteiger partial charge < -0.3 is 0 Å². The molecule has 11 heavy (non-hydrogen) atoms. The smallest absolute Gasteiger partial charge is 0.0806 e. The van der Waals surface area contributed by atoms with Crippen LogP contribution in [0.1, 0.15) is 5.56 Å².